The summed E-state index contributed by atoms with van der Waals surface area (Å²) < 4.78 is 4.80. The topological polar surface area (TPSA) is 81.4 Å². The van der Waals surface area contributed by atoms with Gasteiger partial charge in [-0.15, -0.1) is 11.8 Å². The lowest BCUT2D eigenvalue weighted by Crippen LogP contribution is -2.24. The molecule has 0 heterocycles. The van der Waals surface area contributed by atoms with Crippen LogP contribution in [0.3, 0.4) is 0 Å². The smallest absolute Gasteiger partial charge is 0.315 e. The van der Waals surface area contributed by atoms with Gasteiger partial charge in [-0.25, -0.2) is 0 Å². The molecule has 0 aliphatic carbocycles. The van der Waals surface area contributed by atoms with E-state index in [1.54, 1.807) is 38.1 Å². The first-order valence-electron chi connectivity index (χ1n) is 5.96. The molecule has 6 heteroatoms. The van der Waals surface area contributed by atoms with Gasteiger partial charge in [0, 0.05) is 11.4 Å². The number of anilines is 2. The Morgan fingerprint density at radius 3 is 2.58 bits per heavy atom. The van der Waals surface area contributed by atoms with Crippen molar-refractivity contribution in [3.8, 4) is 0 Å². The zero-order valence-electron chi connectivity index (χ0n) is 11.0. The van der Waals surface area contributed by atoms with Crippen LogP contribution in [0.25, 0.3) is 0 Å². The molecule has 5 nitrogen and oxygen atoms in total. The number of hydrogen-bond acceptors (Lipinski definition) is 5. The number of carbonyl (C=O) groups excluding carboxylic acids is 2. The molecule has 0 bridgehead atoms. The van der Waals surface area contributed by atoms with Crippen molar-refractivity contribution >= 4 is 35.0 Å². The lowest BCUT2D eigenvalue weighted by Gasteiger charge is -2.11. The molecule has 0 aromatic heterocycles. The highest BCUT2D eigenvalue weighted by Crippen LogP contribution is 2.15. The summed E-state index contributed by atoms with van der Waals surface area (Å²) >= 11 is 1.24. The Morgan fingerprint density at radius 1 is 1.37 bits per heavy atom. The largest absolute Gasteiger partial charge is 0.465 e. The van der Waals surface area contributed by atoms with Crippen LogP contribution in [0.15, 0.2) is 24.3 Å². The summed E-state index contributed by atoms with van der Waals surface area (Å²) in [5.74, 6) is -0.289. The number of nitrogen functional groups attached to an aromatic ring is 1. The van der Waals surface area contributed by atoms with E-state index in [1.807, 2.05) is 0 Å². The zero-order valence-corrected chi connectivity index (χ0v) is 11.8. The number of esters is 1. The van der Waals surface area contributed by atoms with Gasteiger partial charge in [-0.1, -0.05) is 0 Å². The molecule has 0 radical (unpaired) electrons. The van der Waals surface area contributed by atoms with E-state index in [1.165, 1.54) is 11.8 Å². The van der Waals surface area contributed by atoms with Crippen molar-refractivity contribution in [3.05, 3.63) is 24.3 Å². The van der Waals surface area contributed by atoms with E-state index >= 15 is 0 Å². The standard InChI is InChI=1S/C13H18N2O3S/c1-3-18-12(16)8-19-9(2)13(17)15-11-6-4-10(14)5-7-11/h4-7,9H,3,8,14H2,1-2H3,(H,15,17). The van der Waals surface area contributed by atoms with E-state index in [-0.39, 0.29) is 22.9 Å². The number of carbonyl (C=O) groups is 2. The van der Waals surface area contributed by atoms with Crippen LogP contribution < -0.4 is 11.1 Å². The van der Waals surface area contributed by atoms with Gasteiger partial charge >= 0.3 is 5.97 Å². The third kappa shape index (κ3) is 5.65. The molecule has 1 amide bonds. The summed E-state index contributed by atoms with van der Waals surface area (Å²) in [4.78, 5) is 23.0. The SMILES string of the molecule is CCOC(=O)CSC(C)C(=O)Nc1ccc(N)cc1. The molecule has 1 rings (SSSR count). The highest BCUT2D eigenvalue weighted by atomic mass is 32.2. The molecule has 19 heavy (non-hydrogen) atoms. The van der Waals surface area contributed by atoms with Crippen molar-refractivity contribution in [2.24, 2.45) is 0 Å². The van der Waals surface area contributed by atoms with Crippen molar-refractivity contribution < 1.29 is 14.3 Å². The maximum Gasteiger partial charge on any atom is 0.315 e. The fraction of sp³-hybridized carbons (Fsp3) is 0.385. The van der Waals surface area contributed by atoms with Crippen molar-refractivity contribution in [2.45, 2.75) is 19.1 Å². The number of rotatable bonds is 6. The van der Waals surface area contributed by atoms with Crippen LogP contribution in [-0.2, 0) is 14.3 Å². The van der Waals surface area contributed by atoms with E-state index in [2.05, 4.69) is 5.32 Å². The molecule has 3 N–H and O–H groups in total. The van der Waals surface area contributed by atoms with Crippen LogP contribution in [-0.4, -0.2) is 29.5 Å². The third-order valence-electron chi connectivity index (χ3n) is 2.30. The first-order valence-corrected chi connectivity index (χ1v) is 7.01. The van der Waals surface area contributed by atoms with Gasteiger partial charge in [0.25, 0.3) is 0 Å². The fourth-order valence-corrected chi connectivity index (χ4v) is 1.96. The summed E-state index contributed by atoms with van der Waals surface area (Å²) in [6, 6.07) is 6.89. The van der Waals surface area contributed by atoms with Crippen LogP contribution in [0.4, 0.5) is 11.4 Å². The van der Waals surface area contributed by atoms with E-state index < -0.39 is 0 Å². The average Bonchev–Trinajstić information content (AvgIpc) is 2.39. The molecule has 0 aliphatic rings. The van der Waals surface area contributed by atoms with E-state index in [0.29, 0.717) is 18.0 Å². The van der Waals surface area contributed by atoms with Crippen molar-refractivity contribution in [2.75, 3.05) is 23.4 Å². The monoisotopic (exact) mass is 282 g/mol. The summed E-state index contributed by atoms with van der Waals surface area (Å²) in [5, 5.41) is 2.43. The molecule has 0 saturated carbocycles. The average molecular weight is 282 g/mol. The Kier molecular flexibility index (Phi) is 6.21. The van der Waals surface area contributed by atoms with Gasteiger partial charge in [0.05, 0.1) is 17.6 Å². The molecular weight excluding hydrogens is 264 g/mol. The van der Waals surface area contributed by atoms with E-state index in [0.717, 1.165) is 0 Å². The van der Waals surface area contributed by atoms with Gasteiger partial charge in [-0.3, -0.25) is 9.59 Å². The number of benzene rings is 1. The summed E-state index contributed by atoms with van der Waals surface area (Å²) in [6.45, 7) is 3.85. The second-order valence-electron chi connectivity index (χ2n) is 3.87. The van der Waals surface area contributed by atoms with Crippen molar-refractivity contribution in [1.29, 1.82) is 0 Å². The van der Waals surface area contributed by atoms with Crippen LogP contribution in [0.1, 0.15) is 13.8 Å². The van der Waals surface area contributed by atoms with Gasteiger partial charge in [0.15, 0.2) is 0 Å². The molecular formula is C13H18N2O3S. The van der Waals surface area contributed by atoms with Gasteiger partial charge in [0.2, 0.25) is 5.91 Å². The predicted molar refractivity (Wildman–Crippen MR) is 78.0 cm³/mol. The van der Waals surface area contributed by atoms with Crippen LogP contribution in [0.5, 0.6) is 0 Å². The Morgan fingerprint density at radius 2 is 2.00 bits per heavy atom. The summed E-state index contributed by atoms with van der Waals surface area (Å²) in [7, 11) is 0. The van der Waals surface area contributed by atoms with Gasteiger partial charge in [0.1, 0.15) is 0 Å². The maximum atomic E-state index is 11.9. The van der Waals surface area contributed by atoms with Crippen LogP contribution >= 0.6 is 11.8 Å². The van der Waals surface area contributed by atoms with Gasteiger partial charge in [-0.2, -0.15) is 0 Å². The molecule has 0 spiro atoms. The Labute approximate surface area is 116 Å². The number of hydrogen-bond donors (Lipinski definition) is 2. The maximum absolute atomic E-state index is 11.9. The molecule has 0 saturated heterocycles. The minimum absolute atomic E-state index is 0.154. The van der Waals surface area contributed by atoms with Crippen LogP contribution in [0.2, 0.25) is 0 Å². The zero-order chi connectivity index (χ0) is 14.3. The highest BCUT2D eigenvalue weighted by Gasteiger charge is 2.15. The van der Waals surface area contributed by atoms with Gasteiger partial charge < -0.3 is 15.8 Å². The third-order valence-corrected chi connectivity index (χ3v) is 3.42. The highest BCUT2D eigenvalue weighted by molar-refractivity contribution is 8.01. The van der Waals surface area contributed by atoms with Crippen molar-refractivity contribution in [3.63, 3.8) is 0 Å². The molecule has 0 fully saturated rings. The van der Waals surface area contributed by atoms with Crippen LogP contribution in [0, 0.1) is 0 Å². The second kappa shape index (κ2) is 7.68. The molecule has 1 atom stereocenters. The lowest BCUT2D eigenvalue weighted by molar-refractivity contribution is -0.139. The fourth-order valence-electron chi connectivity index (χ4n) is 1.28. The first kappa shape index (κ1) is 15.4. The van der Waals surface area contributed by atoms with E-state index in [9.17, 15) is 9.59 Å². The number of nitrogens with one attached hydrogen (secondary N) is 1. The Hall–Kier alpha value is -1.69. The summed E-state index contributed by atoms with van der Waals surface area (Å²) in [5.41, 5.74) is 6.88. The second-order valence-corrected chi connectivity index (χ2v) is 5.20. The number of nitrogens with two attached hydrogens (primary N) is 1. The molecule has 1 unspecified atom stereocenters. The minimum atomic E-state index is -0.332. The van der Waals surface area contributed by atoms with E-state index in [4.69, 9.17) is 10.5 Å². The quantitative estimate of drug-likeness (QED) is 0.615. The predicted octanol–water partition coefficient (Wildman–Crippen LogP) is 1.89. The molecule has 1 aromatic carbocycles. The lowest BCUT2D eigenvalue weighted by atomic mass is 10.3. The number of thioether (sulfide) groups is 1. The van der Waals surface area contributed by atoms with Crippen molar-refractivity contribution in [1.82, 2.24) is 0 Å². The normalized spacial score (nSPS) is 11.7. The molecule has 0 aliphatic heterocycles. The molecule has 104 valence electrons. The summed E-state index contributed by atoms with van der Waals surface area (Å²) in [6.07, 6.45) is 0. The number of amides is 1. The number of ether oxygens (including phenoxy) is 1. The first-order chi connectivity index (χ1) is 9.02. The molecule has 1 aromatic rings. The minimum Gasteiger partial charge on any atom is -0.465 e. The Balaban J connectivity index is 2.40. The Bertz CT molecular complexity index is 434. The van der Waals surface area contributed by atoms with Gasteiger partial charge in [-0.05, 0) is 38.1 Å².